The van der Waals surface area contributed by atoms with E-state index in [1.165, 1.54) is 12.1 Å². The molecule has 0 bridgehead atoms. The van der Waals surface area contributed by atoms with Gasteiger partial charge in [0.1, 0.15) is 5.82 Å². The van der Waals surface area contributed by atoms with Crippen molar-refractivity contribution < 1.29 is 18.3 Å². The maximum Gasteiger partial charge on any atom is 0.298 e. The summed E-state index contributed by atoms with van der Waals surface area (Å²) < 4.78 is 40.3. The predicted molar refractivity (Wildman–Crippen MR) is 61.9 cm³/mol. The van der Waals surface area contributed by atoms with Crippen LogP contribution in [0.25, 0.3) is 0 Å². The van der Waals surface area contributed by atoms with E-state index in [1.807, 2.05) is 0 Å². The van der Waals surface area contributed by atoms with Crippen molar-refractivity contribution in [1.82, 2.24) is 9.36 Å². The molecule has 0 saturated carbocycles. The molecule has 0 aliphatic heterocycles. The summed E-state index contributed by atoms with van der Waals surface area (Å²) in [6, 6.07) is 3.71. The highest BCUT2D eigenvalue weighted by Crippen LogP contribution is 2.26. The monoisotopic (exact) mass is 272 g/mol. The fourth-order valence-corrected chi connectivity index (χ4v) is 1.82. The lowest BCUT2D eigenvalue weighted by Gasteiger charge is -2.02. The minimum Gasteiger partial charge on any atom is -0.427 e. The number of nitrogens with zero attached hydrogens (tertiary/aromatic N) is 2. The zero-order chi connectivity index (χ0) is 13.0. The van der Waals surface area contributed by atoms with Gasteiger partial charge in [-0.05, 0) is 12.1 Å². The molecule has 0 aliphatic carbocycles. The van der Waals surface area contributed by atoms with Crippen LogP contribution in [0.15, 0.2) is 18.2 Å². The second-order valence-corrected chi connectivity index (χ2v) is 4.09. The van der Waals surface area contributed by atoms with Gasteiger partial charge in [-0.25, -0.2) is 4.39 Å². The Morgan fingerprint density at radius 1 is 1.33 bits per heavy atom. The average Bonchev–Trinajstić information content (AvgIpc) is 2.80. The third kappa shape index (κ3) is 2.99. The molecule has 7 heteroatoms. The van der Waals surface area contributed by atoms with Crippen LogP contribution in [-0.4, -0.2) is 23.1 Å². The molecule has 0 fully saturated rings. The second kappa shape index (κ2) is 5.83. The number of methoxy groups -OCH3 is 1. The highest BCUT2D eigenvalue weighted by Gasteiger charge is 2.12. The summed E-state index contributed by atoms with van der Waals surface area (Å²) in [6.07, 6.45) is 0.544. The van der Waals surface area contributed by atoms with Crippen LogP contribution in [0.5, 0.6) is 10.9 Å². The van der Waals surface area contributed by atoms with Gasteiger partial charge < -0.3 is 9.47 Å². The summed E-state index contributed by atoms with van der Waals surface area (Å²) in [5.74, 6) is -1.65. The quantitative estimate of drug-likeness (QED) is 0.839. The topological polar surface area (TPSA) is 44.2 Å². The number of ether oxygens (including phenoxy) is 2. The van der Waals surface area contributed by atoms with Gasteiger partial charge in [0.15, 0.2) is 11.6 Å². The fourth-order valence-electron chi connectivity index (χ4n) is 1.23. The summed E-state index contributed by atoms with van der Waals surface area (Å²) in [5.41, 5.74) is 0. The van der Waals surface area contributed by atoms with E-state index >= 15 is 0 Å². The molecule has 2 aromatic rings. The number of hydrogen-bond donors (Lipinski definition) is 0. The minimum atomic E-state index is -1.04. The van der Waals surface area contributed by atoms with Crippen LogP contribution in [0.4, 0.5) is 8.78 Å². The lowest BCUT2D eigenvalue weighted by Crippen LogP contribution is -1.96. The number of halogens is 2. The molecule has 1 heterocycles. The number of rotatable bonds is 5. The third-order valence-corrected chi connectivity index (χ3v) is 2.73. The maximum atomic E-state index is 13.3. The van der Waals surface area contributed by atoms with Crippen molar-refractivity contribution in [2.75, 3.05) is 13.7 Å². The third-order valence-electron chi connectivity index (χ3n) is 2.09. The fraction of sp³-hybridized carbons (Fsp3) is 0.273. The summed E-state index contributed by atoms with van der Waals surface area (Å²) in [6.45, 7) is 0.491. The van der Waals surface area contributed by atoms with Crippen LogP contribution in [0.1, 0.15) is 5.82 Å². The van der Waals surface area contributed by atoms with Gasteiger partial charge >= 0.3 is 0 Å². The van der Waals surface area contributed by atoms with Crippen LogP contribution in [0, 0.1) is 11.6 Å². The van der Waals surface area contributed by atoms with Crippen LogP contribution in [0.3, 0.4) is 0 Å². The highest BCUT2D eigenvalue weighted by molar-refractivity contribution is 7.07. The molecule has 1 aromatic heterocycles. The van der Waals surface area contributed by atoms with E-state index in [2.05, 4.69) is 9.36 Å². The Bertz CT molecular complexity index is 534. The van der Waals surface area contributed by atoms with Crippen molar-refractivity contribution in [3.63, 3.8) is 0 Å². The zero-order valence-electron chi connectivity index (χ0n) is 9.52. The van der Waals surface area contributed by atoms with Crippen LogP contribution < -0.4 is 4.74 Å². The SMILES string of the molecule is COCCc1nsc(Oc2cccc(F)c2F)n1. The Kier molecular flexibility index (Phi) is 4.16. The first-order valence-corrected chi connectivity index (χ1v) is 5.91. The molecule has 1 aromatic carbocycles. The first kappa shape index (κ1) is 12.8. The van der Waals surface area contributed by atoms with Gasteiger partial charge in [0.2, 0.25) is 5.82 Å². The number of aromatic nitrogens is 2. The summed E-state index contributed by atoms with van der Waals surface area (Å²) in [7, 11) is 1.58. The van der Waals surface area contributed by atoms with Gasteiger partial charge in [-0.15, -0.1) is 0 Å². The normalized spacial score (nSPS) is 10.6. The average molecular weight is 272 g/mol. The summed E-state index contributed by atoms with van der Waals surface area (Å²) >= 11 is 0.981. The second-order valence-electron chi connectivity index (χ2n) is 3.37. The molecule has 18 heavy (non-hydrogen) atoms. The smallest absolute Gasteiger partial charge is 0.298 e. The summed E-state index contributed by atoms with van der Waals surface area (Å²) in [4.78, 5) is 4.03. The molecule has 0 unspecified atom stereocenters. The molecule has 0 aliphatic rings. The Balaban J connectivity index is 2.09. The molecule has 0 atom stereocenters. The number of benzene rings is 1. The molecule has 0 saturated heterocycles. The largest absolute Gasteiger partial charge is 0.427 e. The van der Waals surface area contributed by atoms with Crippen molar-refractivity contribution in [3.8, 4) is 10.9 Å². The van der Waals surface area contributed by atoms with Gasteiger partial charge in [0, 0.05) is 25.1 Å². The van der Waals surface area contributed by atoms with E-state index in [0.717, 1.165) is 17.6 Å². The molecule has 96 valence electrons. The van der Waals surface area contributed by atoms with Crippen molar-refractivity contribution in [2.45, 2.75) is 6.42 Å². The first-order valence-electron chi connectivity index (χ1n) is 5.14. The molecule has 0 amide bonds. The molecule has 0 radical (unpaired) electrons. The Morgan fingerprint density at radius 2 is 2.17 bits per heavy atom. The maximum absolute atomic E-state index is 13.3. The molecule has 0 spiro atoms. The molecule has 2 rings (SSSR count). The zero-order valence-corrected chi connectivity index (χ0v) is 10.3. The Labute approximate surface area is 106 Å². The van der Waals surface area contributed by atoms with Crippen LogP contribution in [-0.2, 0) is 11.2 Å². The van der Waals surface area contributed by atoms with Crippen molar-refractivity contribution in [3.05, 3.63) is 35.7 Å². The lowest BCUT2D eigenvalue weighted by atomic mass is 10.3. The van der Waals surface area contributed by atoms with E-state index in [-0.39, 0.29) is 10.9 Å². The van der Waals surface area contributed by atoms with E-state index in [9.17, 15) is 8.78 Å². The molecular formula is C11H10F2N2O2S. The Hall–Kier alpha value is -1.60. The highest BCUT2D eigenvalue weighted by atomic mass is 32.1. The van der Waals surface area contributed by atoms with Crippen molar-refractivity contribution in [2.24, 2.45) is 0 Å². The van der Waals surface area contributed by atoms with Crippen molar-refractivity contribution >= 4 is 11.5 Å². The van der Waals surface area contributed by atoms with E-state index < -0.39 is 11.6 Å². The van der Waals surface area contributed by atoms with E-state index in [1.54, 1.807) is 7.11 Å². The van der Waals surface area contributed by atoms with Gasteiger partial charge in [0.25, 0.3) is 5.19 Å². The minimum absolute atomic E-state index is 0.172. The van der Waals surface area contributed by atoms with E-state index in [0.29, 0.717) is 18.9 Å². The molecule has 0 N–H and O–H groups in total. The van der Waals surface area contributed by atoms with E-state index in [4.69, 9.17) is 9.47 Å². The Morgan fingerprint density at radius 3 is 2.94 bits per heavy atom. The van der Waals surface area contributed by atoms with Crippen molar-refractivity contribution in [1.29, 1.82) is 0 Å². The molecule has 4 nitrogen and oxygen atoms in total. The van der Waals surface area contributed by atoms with Gasteiger partial charge in [-0.3, -0.25) is 0 Å². The summed E-state index contributed by atoms with van der Waals surface area (Å²) in [5, 5.41) is 0.172. The standard InChI is InChI=1S/C11H10F2N2O2S/c1-16-6-5-9-14-11(18-15-9)17-8-4-2-3-7(12)10(8)13/h2-4H,5-6H2,1H3. The predicted octanol–water partition coefficient (Wildman–Crippen LogP) is 2.80. The van der Waals surface area contributed by atoms with Gasteiger partial charge in [-0.2, -0.15) is 13.7 Å². The van der Waals surface area contributed by atoms with Gasteiger partial charge in [0.05, 0.1) is 6.61 Å². The lowest BCUT2D eigenvalue weighted by molar-refractivity contribution is 0.200. The first-order chi connectivity index (χ1) is 8.70. The van der Waals surface area contributed by atoms with Crippen LogP contribution in [0.2, 0.25) is 0 Å². The number of hydrogen-bond acceptors (Lipinski definition) is 5. The molecular weight excluding hydrogens is 262 g/mol. The van der Waals surface area contributed by atoms with Crippen LogP contribution >= 0.6 is 11.5 Å². The van der Waals surface area contributed by atoms with Gasteiger partial charge in [-0.1, -0.05) is 6.07 Å².